The van der Waals surface area contributed by atoms with Gasteiger partial charge in [0.15, 0.2) is 0 Å². The van der Waals surface area contributed by atoms with Crippen LogP contribution in [0.4, 0.5) is 0 Å². The van der Waals surface area contributed by atoms with Gasteiger partial charge in [-0.15, -0.1) is 0 Å². The monoisotopic (exact) mass is 145 g/mol. The molecule has 0 unspecified atom stereocenters. The third-order valence-electron chi connectivity index (χ3n) is 1.99. The van der Waals surface area contributed by atoms with Crippen molar-refractivity contribution >= 4 is 5.97 Å². The van der Waals surface area contributed by atoms with Crippen LogP contribution in [-0.2, 0) is 4.79 Å². The number of aliphatic carboxylic acids is 1. The van der Waals surface area contributed by atoms with E-state index in [-0.39, 0.29) is 0 Å². The number of hydrogen-bond donors (Lipinski definition) is 2. The molecule has 4 nitrogen and oxygen atoms in total. The van der Waals surface area contributed by atoms with E-state index >= 15 is 0 Å². The van der Waals surface area contributed by atoms with Crippen LogP contribution in [0.25, 0.3) is 0 Å². The quantitative estimate of drug-likeness (QED) is 0.521. The van der Waals surface area contributed by atoms with E-state index in [4.69, 9.17) is 5.11 Å². The molecule has 0 saturated carbocycles. The van der Waals surface area contributed by atoms with Gasteiger partial charge in [0.25, 0.3) is 0 Å². The van der Waals surface area contributed by atoms with Gasteiger partial charge in [-0.1, -0.05) is 0 Å². The van der Waals surface area contributed by atoms with Crippen LogP contribution in [0.5, 0.6) is 0 Å². The maximum Gasteiger partial charge on any atom is 0.351 e. The number of rotatable bonds is 1. The summed E-state index contributed by atoms with van der Waals surface area (Å²) in [6.45, 7) is 0.656. The van der Waals surface area contributed by atoms with Crippen molar-refractivity contribution in [3.8, 4) is 0 Å². The van der Waals surface area contributed by atoms with Crippen LogP contribution in [0.3, 0.4) is 0 Å². The summed E-state index contributed by atoms with van der Waals surface area (Å²) in [6, 6.07) is 0. The molecule has 4 heteroatoms. The van der Waals surface area contributed by atoms with Crippen molar-refractivity contribution in [1.29, 1.82) is 0 Å². The molecule has 58 valence electrons. The lowest BCUT2D eigenvalue weighted by molar-refractivity contribution is -0.173. The number of carbonyl (C=O) groups is 1. The third kappa shape index (κ3) is 0.892. The van der Waals surface area contributed by atoms with Crippen LogP contribution in [0.15, 0.2) is 0 Å². The van der Waals surface area contributed by atoms with E-state index in [2.05, 4.69) is 0 Å². The first-order chi connectivity index (χ1) is 4.57. The van der Waals surface area contributed by atoms with Crippen molar-refractivity contribution in [3.05, 3.63) is 0 Å². The maximum absolute atomic E-state index is 10.4. The molecule has 2 N–H and O–H groups in total. The molecule has 0 aliphatic carbocycles. The van der Waals surface area contributed by atoms with Gasteiger partial charge >= 0.3 is 5.97 Å². The van der Waals surface area contributed by atoms with Gasteiger partial charge in [-0.05, 0) is 13.5 Å². The van der Waals surface area contributed by atoms with Gasteiger partial charge in [-0.3, -0.25) is 4.90 Å². The normalized spacial score (nSPS) is 34.6. The molecule has 1 aliphatic rings. The average Bonchev–Trinajstić information content (AvgIpc) is 2.15. The molecule has 0 radical (unpaired) electrons. The highest BCUT2D eigenvalue weighted by Gasteiger charge is 2.43. The summed E-state index contributed by atoms with van der Waals surface area (Å²) in [5.41, 5.74) is -1.60. The highest BCUT2D eigenvalue weighted by molar-refractivity contribution is 5.76. The SMILES string of the molecule is CN1CCC[C@@]1(O)C(=O)O. The lowest BCUT2D eigenvalue weighted by atomic mass is 10.1. The number of aliphatic hydroxyl groups is 1. The fraction of sp³-hybridized carbons (Fsp3) is 0.833. The van der Waals surface area contributed by atoms with Gasteiger partial charge in [0.2, 0.25) is 5.72 Å². The largest absolute Gasteiger partial charge is 0.478 e. The molecule has 1 aliphatic heterocycles. The highest BCUT2D eigenvalue weighted by Crippen LogP contribution is 2.24. The number of likely N-dealkylation sites (N-methyl/N-ethyl adjacent to an activating group) is 1. The van der Waals surface area contributed by atoms with Gasteiger partial charge in [0.1, 0.15) is 0 Å². The molecule has 0 bridgehead atoms. The molecule has 1 rings (SSSR count). The lowest BCUT2D eigenvalue weighted by Gasteiger charge is -2.24. The van der Waals surface area contributed by atoms with Crippen LogP contribution >= 0.6 is 0 Å². The fourth-order valence-electron chi connectivity index (χ4n) is 1.21. The summed E-state index contributed by atoms with van der Waals surface area (Å²) in [4.78, 5) is 11.9. The van der Waals surface area contributed by atoms with Gasteiger partial charge in [-0.2, -0.15) is 0 Å². The Kier molecular flexibility index (Phi) is 1.66. The second kappa shape index (κ2) is 2.21. The first-order valence-electron chi connectivity index (χ1n) is 3.24. The summed E-state index contributed by atoms with van der Waals surface area (Å²) in [7, 11) is 1.61. The molecule has 0 spiro atoms. The molecule has 1 fully saturated rings. The second-order valence-electron chi connectivity index (χ2n) is 2.65. The van der Waals surface area contributed by atoms with Crippen LogP contribution in [0.1, 0.15) is 12.8 Å². The minimum atomic E-state index is -1.60. The van der Waals surface area contributed by atoms with E-state index < -0.39 is 11.7 Å². The minimum absolute atomic E-state index is 0.332. The Hall–Kier alpha value is -0.610. The number of hydrogen-bond acceptors (Lipinski definition) is 3. The summed E-state index contributed by atoms with van der Waals surface area (Å²) in [5.74, 6) is -1.15. The Morgan fingerprint density at radius 2 is 2.30 bits per heavy atom. The van der Waals surface area contributed by atoms with E-state index in [0.29, 0.717) is 13.0 Å². The van der Waals surface area contributed by atoms with E-state index in [0.717, 1.165) is 6.42 Å². The zero-order valence-corrected chi connectivity index (χ0v) is 5.87. The Labute approximate surface area is 59.1 Å². The van der Waals surface area contributed by atoms with E-state index in [1.54, 1.807) is 7.05 Å². The summed E-state index contributed by atoms with van der Waals surface area (Å²) in [6.07, 6.45) is 1.08. The van der Waals surface area contributed by atoms with Crippen molar-refractivity contribution in [2.75, 3.05) is 13.6 Å². The van der Waals surface area contributed by atoms with Gasteiger partial charge in [0.05, 0.1) is 0 Å². The first kappa shape index (κ1) is 7.50. The summed E-state index contributed by atoms with van der Waals surface area (Å²) >= 11 is 0. The van der Waals surface area contributed by atoms with E-state index in [9.17, 15) is 9.90 Å². The van der Waals surface area contributed by atoms with Crippen molar-refractivity contribution < 1.29 is 15.0 Å². The minimum Gasteiger partial charge on any atom is -0.478 e. The smallest absolute Gasteiger partial charge is 0.351 e. The maximum atomic E-state index is 10.4. The zero-order chi connectivity index (χ0) is 7.78. The van der Waals surface area contributed by atoms with E-state index in [1.165, 1.54) is 4.90 Å². The van der Waals surface area contributed by atoms with Gasteiger partial charge in [0, 0.05) is 13.0 Å². The topological polar surface area (TPSA) is 60.8 Å². The summed E-state index contributed by atoms with van der Waals surface area (Å²) < 4.78 is 0. The van der Waals surface area contributed by atoms with Crippen LogP contribution in [0.2, 0.25) is 0 Å². The molecular formula is C6H11NO3. The van der Waals surface area contributed by atoms with Crippen molar-refractivity contribution in [2.45, 2.75) is 18.6 Å². The predicted octanol–water partition coefficient (Wildman–Crippen LogP) is -0.515. The molecule has 0 amide bonds. The zero-order valence-electron chi connectivity index (χ0n) is 5.87. The Bertz CT molecular complexity index is 159. The first-order valence-corrected chi connectivity index (χ1v) is 3.24. The fourth-order valence-corrected chi connectivity index (χ4v) is 1.21. The molecule has 0 aromatic carbocycles. The molecule has 10 heavy (non-hydrogen) atoms. The molecular weight excluding hydrogens is 134 g/mol. The molecule has 1 atom stereocenters. The lowest BCUT2D eigenvalue weighted by Crippen LogP contribution is -2.48. The summed E-state index contributed by atoms with van der Waals surface area (Å²) in [5, 5.41) is 17.9. The number of likely N-dealkylation sites (tertiary alicyclic amines) is 1. The molecule has 0 aromatic rings. The highest BCUT2D eigenvalue weighted by atomic mass is 16.4. The Balaban J connectivity index is 2.75. The van der Waals surface area contributed by atoms with Crippen LogP contribution < -0.4 is 0 Å². The molecule has 0 aromatic heterocycles. The van der Waals surface area contributed by atoms with Crippen molar-refractivity contribution in [2.24, 2.45) is 0 Å². The molecule has 1 heterocycles. The van der Waals surface area contributed by atoms with Crippen molar-refractivity contribution in [1.82, 2.24) is 4.90 Å². The van der Waals surface area contributed by atoms with Crippen LogP contribution in [0, 0.1) is 0 Å². The van der Waals surface area contributed by atoms with Gasteiger partial charge in [-0.25, -0.2) is 4.79 Å². The third-order valence-corrected chi connectivity index (χ3v) is 1.99. The Morgan fingerprint density at radius 1 is 1.70 bits per heavy atom. The van der Waals surface area contributed by atoms with E-state index in [1.807, 2.05) is 0 Å². The number of carboxylic acids is 1. The molecule has 1 saturated heterocycles. The standard InChI is InChI=1S/C6H11NO3/c1-7-4-2-3-6(7,10)5(8)9/h10H,2-4H2,1H3,(H,8,9)/t6-/m1/s1. The van der Waals surface area contributed by atoms with Gasteiger partial charge < -0.3 is 10.2 Å². The van der Waals surface area contributed by atoms with Crippen molar-refractivity contribution in [3.63, 3.8) is 0 Å². The van der Waals surface area contributed by atoms with Crippen LogP contribution in [-0.4, -0.2) is 40.4 Å². The Morgan fingerprint density at radius 3 is 2.50 bits per heavy atom. The number of carboxylic acid groups (broad SMARTS) is 1. The second-order valence-corrected chi connectivity index (χ2v) is 2.65. The number of nitrogens with zero attached hydrogens (tertiary/aromatic N) is 1. The predicted molar refractivity (Wildman–Crippen MR) is 34.4 cm³/mol. The average molecular weight is 145 g/mol.